The number of hydrogen-bond acceptors (Lipinski definition) is 3. The molecule has 2 saturated heterocycles. The highest BCUT2D eigenvalue weighted by Crippen LogP contribution is 2.31. The fraction of sp³-hybridized carbons (Fsp3) is 1.00. The molecule has 0 radical (unpaired) electrons. The van der Waals surface area contributed by atoms with Gasteiger partial charge in [-0.15, -0.1) is 0 Å². The number of hydrogen-bond donors (Lipinski definition) is 0. The van der Waals surface area contributed by atoms with Gasteiger partial charge in [-0.3, -0.25) is 4.90 Å². The molecule has 0 N–H and O–H groups in total. The SMILES string of the molecule is CC1COC2(CN(C)C2)O1. The first kappa shape index (κ1) is 6.58. The van der Waals surface area contributed by atoms with E-state index >= 15 is 0 Å². The molecule has 3 nitrogen and oxygen atoms in total. The summed E-state index contributed by atoms with van der Waals surface area (Å²) in [5.41, 5.74) is 0. The summed E-state index contributed by atoms with van der Waals surface area (Å²) in [6.07, 6.45) is 0.286. The van der Waals surface area contributed by atoms with E-state index in [9.17, 15) is 0 Å². The van der Waals surface area contributed by atoms with E-state index in [1.807, 2.05) is 6.92 Å². The summed E-state index contributed by atoms with van der Waals surface area (Å²) in [5, 5.41) is 0. The maximum atomic E-state index is 5.59. The maximum Gasteiger partial charge on any atom is 0.194 e. The van der Waals surface area contributed by atoms with Gasteiger partial charge in [0.2, 0.25) is 0 Å². The molecule has 2 aliphatic heterocycles. The van der Waals surface area contributed by atoms with E-state index in [2.05, 4.69) is 11.9 Å². The zero-order valence-electron chi connectivity index (χ0n) is 6.46. The van der Waals surface area contributed by atoms with Crippen LogP contribution in [-0.2, 0) is 9.47 Å². The molecule has 0 aromatic heterocycles. The van der Waals surface area contributed by atoms with Gasteiger partial charge in [-0.05, 0) is 14.0 Å². The van der Waals surface area contributed by atoms with Crippen LogP contribution in [0.3, 0.4) is 0 Å². The van der Waals surface area contributed by atoms with Crippen LogP contribution in [0, 0.1) is 0 Å². The Morgan fingerprint density at radius 3 is 2.60 bits per heavy atom. The Morgan fingerprint density at radius 1 is 1.50 bits per heavy atom. The standard InChI is InChI=1S/C7H13NO2/c1-6-3-9-7(10-6)4-8(2)5-7/h6H,3-5H2,1-2H3. The average Bonchev–Trinajstić information content (AvgIpc) is 2.10. The van der Waals surface area contributed by atoms with Crippen molar-refractivity contribution in [2.45, 2.75) is 18.8 Å². The van der Waals surface area contributed by atoms with E-state index in [0.29, 0.717) is 0 Å². The van der Waals surface area contributed by atoms with Gasteiger partial charge in [-0.1, -0.05) is 0 Å². The summed E-state index contributed by atoms with van der Waals surface area (Å²) >= 11 is 0. The van der Waals surface area contributed by atoms with E-state index in [-0.39, 0.29) is 11.9 Å². The molecule has 1 spiro atoms. The van der Waals surface area contributed by atoms with Crippen LogP contribution in [0.1, 0.15) is 6.92 Å². The summed E-state index contributed by atoms with van der Waals surface area (Å²) < 4.78 is 11.1. The molecule has 3 heteroatoms. The molecule has 2 aliphatic rings. The van der Waals surface area contributed by atoms with Gasteiger partial charge in [-0.25, -0.2) is 0 Å². The highest BCUT2D eigenvalue weighted by atomic mass is 16.7. The fourth-order valence-corrected chi connectivity index (χ4v) is 1.65. The molecule has 58 valence electrons. The van der Waals surface area contributed by atoms with E-state index < -0.39 is 0 Å². The number of likely N-dealkylation sites (N-methyl/N-ethyl adjacent to an activating group) is 1. The van der Waals surface area contributed by atoms with Gasteiger partial charge >= 0.3 is 0 Å². The third-order valence-electron chi connectivity index (χ3n) is 2.02. The highest BCUT2D eigenvalue weighted by molar-refractivity contribution is 4.91. The Labute approximate surface area is 60.9 Å². The van der Waals surface area contributed by atoms with Crippen molar-refractivity contribution in [3.63, 3.8) is 0 Å². The van der Waals surface area contributed by atoms with Crippen LogP contribution in [0.4, 0.5) is 0 Å². The van der Waals surface area contributed by atoms with Gasteiger partial charge in [0.1, 0.15) is 0 Å². The Morgan fingerprint density at radius 2 is 2.20 bits per heavy atom. The first-order valence-corrected chi connectivity index (χ1v) is 3.71. The topological polar surface area (TPSA) is 21.7 Å². The van der Waals surface area contributed by atoms with E-state index in [1.54, 1.807) is 0 Å². The predicted molar refractivity (Wildman–Crippen MR) is 36.7 cm³/mol. The zero-order chi connectivity index (χ0) is 7.19. The lowest BCUT2D eigenvalue weighted by molar-refractivity contribution is -0.239. The van der Waals surface area contributed by atoms with Crippen LogP contribution in [-0.4, -0.2) is 43.5 Å². The molecule has 0 aromatic carbocycles. The molecule has 0 aromatic rings. The van der Waals surface area contributed by atoms with Gasteiger partial charge in [0, 0.05) is 0 Å². The van der Waals surface area contributed by atoms with E-state index in [0.717, 1.165) is 19.7 Å². The Bertz CT molecular complexity index is 137. The second-order valence-corrected chi connectivity index (χ2v) is 3.32. The second kappa shape index (κ2) is 1.94. The number of rotatable bonds is 0. The lowest BCUT2D eigenvalue weighted by Gasteiger charge is -2.43. The van der Waals surface area contributed by atoms with Crippen LogP contribution in [0.2, 0.25) is 0 Å². The molecule has 1 atom stereocenters. The number of ether oxygens (including phenoxy) is 2. The molecule has 2 heterocycles. The summed E-state index contributed by atoms with van der Waals surface area (Å²) in [6.45, 7) is 4.66. The monoisotopic (exact) mass is 143 g/mol. The van der Waals surface area contributed by atoms with E-state index in [4.69, 9.17) is 9.47 Å². The molecule has 0 bridgehead atoms. The van der Waals surface area contributed by atoms with Gasteiger partial charge in [-0.2, -0.15) is 0 Å². The van der Waals surface area contributed by atoms with Crippen molar-refractivity contribution >= 4 is 0 Å². The Hall–Kier alpha value is -0.120. The number of likely N-dealkylation sites (tertiary alicyclic amines) is 1. The van der Waals surface area contributed by atoms with Crippen molar-refractivity contribution in [1.82, 2.24) is 4.90 Å². The molecule has 1 unspecified atom stereocenters. The molecule has 0 aliphatic carbocycles. The van der Waals surface area contributed by atoms with Crippen LogP contribution < -0.4 is 0 Å². The summed E-state index contributed by atoms with van der Waals surface area (Å²) in [4.78, 5) is 2.19. The summed E-state index contributed by atoms with van der Waals surface area (Å²) in [5.74, 6) is -0.214. The average molecular weight is 143 g/mol. The summed E-state index contributed by atoms with van der Waals surface area (Å²) in [7, 11) is 2.07. The minimum atomic E-state index is -0.214. The van der Waals surface area contributed by atoms with Crippen molar-refractivity contribution < 1.29 is 9.47 Å². The van der Waals surface area contributed by atoms with Gasteiger partial charge < -0.3 is 9.47 Å². The van der Waals surface area contributed by atoms with Crippen molar-refractivity contribution in [3.05, 3.63) is 0 Å². The predicted octanol–water partition coefficient (Wildman–Crippen LogP) is 0.0634. The zero-order valence-corrected chi connectivity index (χ0v) is 6.46. The molecule has 10 heavy (non-hydrogen) atoms. The smallest absolute Gasteiger partial charge is 0.194 e. The first-order valence-electron chi connectivity index (χ1n) is 3.71. The Balaban J connectivity index is 1.95. The third-order valence-corrected chi connectivity index (χ3v) is 2.02. The lowest BCUT2D eigenvalue weighted by Crippen LogP contribution is -2.60. The van der Waals surface area contributed by atoms with Crippen LogP contribution in [0.15, 0.2) is 0 Å². The summed E-state index contributed by atoms with van der Waals surface area (Å²) in [6, 6.07) is 0. The molecular formula is C7H13NO2. The van der Waals surface area contributed by atoms with Crippen LogP contribution in [0.5, 0.6) is 0 Å². The van der Waals surface area contributed by atoms with Crippen LogP contribution >= 0.6 is 0 Å². The van der Waals surface area contributed by atoms with Crippen molar-refractivity contribution in [3.8, 4) is 0 Å². The maximum absolute atomic E-state index is 5.59. The van der Waals surface area contributed by atoms with Crippen molar-refractivity contribution in [2.24, 2.45) is 0 Å². The number of nitrogens with zero attached hydrogens (tertiary/aromatic N) is 1. The molecule has 2 rings (SSSR count). The van der Waals surface area contributed by atoms with Crippen molar-refractivity contribution in [1.29, 1.82) is 0 Å². The third kappa shape index (κ3) is 0.856. The molecule has 0 amide bonds. The van der Waals surface area contributed by atoms with Crippen LogP contribution in [0.25, 0.3) is 0 Å². The second-order valence-electron chi connectivity index (χ2n) is 3.32. The highest BCUT2D eigenvalue weighted by Gasteiger charge is 2.48. The lowest BCUT2D eigenvalue weighted by atomic mass is 10.1. The van der Waals surface area contributed by atoms with Gasteiger partial charge in [0.05, 0.1) is 25.8 Å². The molecule has 2 fully saturated rings. The largest absolute Gasteiger partial charge is 0.345 e. The fourth-order valence-electron chi connectivity index (χ4n) is 1.65. The normalized spacial score (nSPS) is 38.4. The van der Waals surface area contributed by atoms with Crippen molar-refractivity contribution in [2.75, 3.05) is 26.7 Å². The quantitative estimate of drug-likeness (QED) is 0.478. The Kier molecular flexibility index (Phi) is 1.27. The first-order chi connectivity index (χ1) is 4.70. The molecule has 0 saturated carbocycles. The molecular weight excluding hydrogens is 130 g/mol. The minimum absolute atomic E-state index is 0.214. The van der Waals surface area contributed by atoms with Gasteiger partial charge in [0.25, 0.3) is 0 Å². The van der Waals surface area contributed by atoms with E-state index in [1.165, 1.54) is 0 Å². The minimum Gasteiger partial charge on any atom is -0.345 e. The van der Waals surface area contributed by atoms with Gasteiger partial charge in [0.15, 0.2) is 5.79 Å².